The molecule has 108 valence electrons. The van der Waals surface area contributed by atoms with Crippen LogP contribution in [0.1, 0.15) is 12.8 Å². The van der Waals surface area contributed by atoms with E-state index in [2.05, 4.69) is 15.3 Å². The summed E-state index contributed by atoms with van der Waals surface area (Å²) in [6, 6.07) is 5.58. The standard InChI is InChI=1S/C14H13FN4O2/c15-10-5-9(3-4-11(10)16)21-13-6-12(17-7-18-13)19-14(20)8-1-2-8/h3-8H,1-2,16H2,(H,17,18,19,20). The van der Waals surface area contributed by atoms with Gasteiger partial charge in [-0.2, -0.15) is 0 Å². The minimum atomic E-state index is -0.566. The highest BCUT2D eigenvalue weighted by Crippen LogP contribution is 2.30. The van der Waals surface area contributed by atoms with Crippen molar-refractivity contribution >= 4 is 17.4 Å². The Morgan fingerprint density at radius 3 is 2.86 bits per heavy atom. The van der Waals surface area contributed by atoms with E-state index in [4.69, 9.17) is 10.5 Å². The van der Waals surface area contributed by atoms with Gasteiger partial charge in [0.15, 0.2) is 0 Å². The Bertz CT molecular complexity index is 688. The van der Waals surface area contributed by atoms with Crippen molar-refractivity contribution < 1.29 is 13.9 Å². The molecule has 0 radical (unpaired) electrons. The van der Waals surface area contributed by atoms with Crippen LogP contribution >= 0.6 is 0 Å². The van der Waals surface area contributed by atoms with Crippen molar-refractivity contribution in [2.75, 3.05) is 11.1 Å². The van der Waals surface area contributed by atoms with Crippen LogP contribution in [0.5, 0.6) is 11.6 Å². The number of anilines is 2. The third kappa shape index (κ3) is 3.25. The Labute approximate surface area is 120 Å². The summed E-state index contributed by atoms with van der Waals surface area (Å²) >= 11 is 0. The van der Waals surface area contributed by atoms with Gasteiger partial charge in [-0.05, 0) is 25.0 Å². The van der Waals surface area contributed by atoms with Crippen molar-refractivity contribution in [3.63, 3.8) is 0 Å². The second-order valence-corrected chi connectivity index (χ2v) is 4.79. The number of ether oxygens (including phenoxy) is 1. The van der Waals surface area contributed by atoms with Crippen molar-refractivity contribution in [1.82, 2.24) is 9.97 Å². The highest BCUT2D eigenvalue weighted by atomic mass is 19.1. The first-order valence-corrected chi connectivity index (χ1v) is 6.47. The molecule has 6 nitrogen and oxygen atoms in total. The summed E-state index contributed by atoms with van der Waals surface area (Å²) in [5.74, 6) is 0.283. The van der Waals surface area contributed by atoms with Crippen LogP contribution in [0.25, 0.3) is 0 Å². The zero-order valence-corrected chi connectivity index (χ0v) is 11.0. The number of rotatable bonds is 4. The molecule has 1 saturated carbocycles. The average Bonchev–Trinajstić information content (AvgIpc) is 3.28. The van der Waals surface area contributed by atoms with Gasteiger partial charge in [-0.15, -0.1) is 0 Å². The molecule has 21 heavy (non-hydrogen) atoms. The zero-order chi connectivity index (χ0) is 14.8. The van der Waals surface area contributed by atoms with Crippen LogP contribution in [-0.2, 0) is 4.79 Å². The number of carbonyl (C=O) groups excluding carboxylic acids is 1. The number of nitrogens with one attached hydrogen (secondary N) is 1. The number of hydrogen-bond acceptors (Lipinski definition) is 5. The Morgan fingerprint density at radius 2 is 2.14 bits per heavy atom. The van der Waals surface area contributed by atoms with Crippen LogP contribution in [0.2, 0.25) is 0 Å². The van der Waals surface area contributed by atoms with E-state index in [0.29, 0.717) is 5.82 Å². The maximum Gasteiger partial charge on any atom is 0.228 e. The minimum absolute atomic E-state index is 0.0439. The smallest absolute Gasteiger partial charge is 0.228 e. The van der Waals surface area contributed by atoms with Crippen molar-refractivity contribution in [2.24, 2.45) is 5.92 Å². The molecule has 0 saturated heterocycles. The van der Waals surface area contributed by atoms with Gasteiger partial charge >= 0.3 is 0 Å². The molecule has 3 rings (SSSR count). The maximum absolute atomic E-state index is 13.3. The first-order chi connectivity index (χ1) is 10.1. The fourth-order valence-corrected chi connectivity index (χ4v) is 1.73. The van der Waals surface area contributed by atoms with Crippen molar-refractivity contribution in [1.29, 1.82) is 0 Å². The molecule has 1 aliphatic carbocycles. The zero-order valence-electron chi connectivity index (χ0n) is 11.0. The lowest BCUT2D eigenvalue weighted by Gasteiger charge is -2.07. The Kier molecular flexibility index (Phi) is 3.39. The van der Waals surface area contributed by atoms with E-state index in [1.807, 2.05) is 0 Å². The molecule has 1 fully saturated rings. The normalized spacial score (nSPS) is 13.8. The summed E-state index contributed by atoms with van der Waals surface area (Å²) < 4.78 is 18.7. The monoisotopic (exact) mass is 288 g/mol. The van der Waals surface area contributed by atoms with Gasteiger partial charge in [0.2, 0.25) is 11.8 Å². The number of nitrogens with zero attached hydrogens (tertiary/aromatic N) is 2. The number of hydrogen-bond donors (Lipinski definition) is 2. The largest absolute Gasteiger partial charge is 0.439 e. The molecule has 3 N–H and O–H groups in total. The van der Waals surface area contributed by atoms with E-state index in [1.165, 1.54) is 30.6 Å². The first-order valence-electron chi connectivity index (χ1n) is 6.47. The molecule has 0 spiro atoms. The topological polar surface area (TPSA) is 90.1 Å². The Hall–Kier alpha value is -2.70. The lowest BCUT2D eigenvalue weighted by Crippen LogP contribution is -2.14. The van der Waals surface area contributed by atoms with Crippen LogP contribution < -0.4 is 15.8 Å². The molecule has 2 aromatic rings. The SMILES string of the molecule is Nc1ccc(Oc2cc(NC(=O)C3CC3)ncn2)cc1F. The average molecular weight is 288 g/mol. The lowest BCUT2D eigenvalue weighted by atomic mass is 10.3. The Balaban J connectivity index is 1.72. The van der Waals surface area contributed by atoms with Gasteiger partial charge in [0, 0.05) is 18.1 Å². The molecule has 0 unspecified atom stereocenters. The Morgan fingerprint density at radius 1 is 1.33 bits per heavy atom. The summed E-state index contributed by atoms with van der Waals surface area (Å²) in [7, 11) is 0. The third-order valence-electron chi connectivity index (χ3n) is 3.04. The highest BCUT2D eigenvalue weighted by molar-refractivity contribution is 5.93. The predicted octanol–water partition coefficient (Wildman–Crippen LogP) is 2.34. The van der Waals surface area contributed by atoms with Crippen molar-refractivity contribution in [3.8, 4) is 11.6 Å². The number of amides is 1. The fraction of sp³-hybridized carbons (Fsp3) is 0.214. The van der Waals surface area contributed by atoms with E-state index in [0.717, 1.165) is 12.8 Å². The molecule has 1 aromatic carbocycles. The van der Waals surface area contributed by atoms with Crippen LogP contribution in [0.15, 0.2) is 30.6 Å². The molecule has 7 heteroatoms. The molecule has 1 aromatic heterocycles. The van der Waals surface area contributed by atoms with Gasteiger partial charge in [0.25, 0.3) is 0 Å². The molecule has 1 aliphatic rings. The van der Waals surface area contributed by atoms with E-state index in [1.54, 1.807) is 0 Å². The molecule has 1 heterocycles. The quantitative estimate of drug-likeness (QED) is 0.843. The van der Waals surface area contributed by atoms with Crippen LogP contribution in [0.4, 0.5) is 15.9 Å². The van der Waals surface area contributed by atoms with Gasteiger partial charge in [-0.1, -0.05) is 0 Å². The van der Waals surface area contributed by atoms with Crippen molar-refractivity contribution in [3.05, 3.63) is 36.4 Å². The number of halogens is 1. The maximum atomic E-state index is 13.3. The van der Waals surface area contributed by atoms with Gasteiger partial charge in [-0.25, -0.2) is 14.4 Å². The summed E-state index contributed by atoms with van der Waals surface area (Å²) in [6.45, 7) is 0. The van der Waals surface area contributed by atoms with Crippen LogP contribution in [0, 0.1) is 11.7 Å². The predicted molar refractivity (Wildman–Crippen MR) is 74.3 cm³/mol. The summed E-state index contributed by atoms with van der Waals surface area (Å²) in [6.07, 6.45) is 3.08. The first kappa shape index (κ1) is 13.3. The van der Waals surface area contributed by atoms with E-state index < -0.39 is 5.82 Å². The minimum Gasteiger partial charge on any atom is -0.439 e. The van der Waals surface area contributed by atoms with Gasteiger partial charge in [0.1, 0.15) is 23.7 Å². The van der Waals surface area contributed by atoms with E-state index >= 15 is 0 Å². The molecule has 0 atom stereocenters. The summed E-state index contributed by atoms with van der Waals surface area (Å²) in [5.41, 5.74) is 5.44. The second-order valence-electron chi connectivity index (χ2n) is 4.79. The number of nitrogens with two attached hydrogens (primary N) is 1. The molecular weight excluding hydrogens is 275 g/mol. The van der Waals surface area contributed by atoms with Crippen LogP contribution in [-0.4, -0.2) is 15.9 Å². The van der Waals surface area contributed by atoms with E-state index in [9.17, 15) is 9.18 Å². The van der Waals surface area contributed by atoms with Crippen molar-refractivity contribution in [2.45, 2.75) is 12.8 Å². The van der Waals surface area contributed by atoms with Gasteiger partial charge in [0.05, 0.1) is 5.69 Å². The van der Waals surface area contributed by atoms with Gasteiger partial charge in [-0.3, -0.25) is 4.79 Å². The summed E-state index contributed by atoms with van der Waals surface area (Å²) in [4.78, 5) is 19.5. The molecule has 0 bridgehead atoms. The number of aromatic nitrogens is 2. The highest BCUT2D eigenvalue weighted by Gasteiger charge is 2.29. The lowest BCUT2D eigenvalue weighted by molar-refractivity contribution is -0.117. The van der Waals surface area contributed by atoms with E-state index in [-0.39, 0.29) is 29.1 Å². The second kappa shape index (κ2) is 5.35. The van der Waals surface area contributed by atoms with Crippen LogP contribution in [0.3, 0.4) is 0 Å². The number of carbonyl (C=O) groups is 1. The molecule has 0 aliphatic heterocycles. The molecule has 1 amide bonds. The fourth-order valence-electron chi connectivity index (χ4n) is 1.73. The number of benzene rings is 1. The third-order valence-corrected chi connectivity index (χ3v) is 3.04. The van der Waals surface area contributed by atoms with Gasteiger partial charge < -0.3 is 15.8 Å². The molecular formula is C14H13FN4O2. The summed E-state index contributed by atoms with van der Waals surface area (Å²) in [5, 5.41) is 2.69. The number of nitrogen functional groups attached to an aromatic ring is 1.